The van der Waals surface area contributed by atoms with Gasteiger partial charge in [-0.3, -0.25) is 4.79 Å². The number of ether oxygens (including phenoxy) is 1. The van der Waals surface area contributed by atoms with Gasteiger partial charge in [0.1, 0.15) is 11.4 Å². The van der Waals surface area contributed by atoms with Gasteiger partial charge in [0, 0.05) is 36.8 Å². The number of aromatic nitrogens is 3. The Morgan fingerprint density at radius 3 is 2.93 bits per heavy atom. The molecular formula is C22H24N6O2. The van der Waals surface area contributed by atoms with E-state index >= 15 is 0 Å². The van der Waals surface area contributed by atoms with E-state index in [1.54, 1.807) is 7.11 Å². The van der Waals surface area contributed by atoms with Crippen LogP contribution in [0.2, 0.25) is 0 Å². The van der Waals surface area contributed by atoms with Crippen LogP contribution in [-0.4, -0.2) is 47.3 Å². The minimum Gasteiger partial charge on any atom is -0.397 e. The fourth-order valence-electron chi connectivity index (χ4n) is 4.21. The lowest BCUT2D eigenvalue weighted by Crippen LogP contribution is -2.26. The summed E-state index contributed by atoms with van der Waals surface area (Å²) in [7, 11) is 1.72. The lowest BCUT2D eigenvalue weighted by molar-refractivity contribution is 0.173. The van der Waals surface area contributed by atoms with Gasteiger partial charge >= 0.3 is 0 Å². The van der Waals surface area contributed by atoms with Gasteiger partial charge < -0.3 is 31.1 Å². The Balaban J connectivity index is 1.46. The molecule has 2 atom stereocenters. The van der Waals surface area contributed by atoms with Crippen LogP contribution in [0.1, 0.15) is 6.42 Å². The third-order valence-electron chi connectivity index (χ3n) is 5.64. The van der Waals surface area contributed by atoms with Crippen molar-refractivity contribution in [3.63, 3.8) is 0 Å². The Kier molecular flexibility index (Phi) is 4.65. The van der Waals surface area contributed by atoms with Gasteiger partial charge in [-0.15, -0.1) is 0 Å². The molecule has 0 amide bonds. The lowest BCUT2D eigenvalue weighted by Gasteiger charge is -2.13. The van der Waals surface area contributed by atoms with Crippen LogP contribution in [0.15, 0.2) is 47.3 Å². The number of fused-ring (bicyclic) bond motifs is 2. The monoisotopic (exact) mass is 404 g/mol. The summed E-state index contributed by atoms with van der Waals surface area (Å²) in [6.45, 7) is 1.60. The minimum absolute atomic E-state index is 0.259. The van der Waals surface area contributed by atoms with E-state index in [1.807, 2.05) is 42.5 Å². The number of pyridine rings is 1. The zero-order valence-electron chi connectivity index (χ0n) is 16.7. The molecule has 1 aliphatic heterocycles. The first-order valence-electron chi connectivity index (χ1n) is 10.0. The van der Waals surface area contributed by atoms with Crippen molar-refractivity contribution in [3.05, 3.63) is 52.8 Å². The minimum atomic E-state index is -0.259. The van der Waals surface area contributed by atoms with Crippen LogP contribution < -0.4 is 21.9 Å². The topological polar surface area (TPSA) is 121 Å². The Morgan fingerprint density at radius 2 is 2.07 bits per heavy atom. The Morgan fingerprint density at radius 1 is 1.20 bits per heavy atom. The van der Waals surface area contributed by atoms with Crippen LogP contribution in [-0.2, 0) is 4.74 Å². The first-order chi connectivity index (χ1) is 14.6. The molecule has 5 rings (SSSR count). The second-order valence-electron chi connectivity index (χ2n) is 7.74. The molecule has 30 heavy (non-hydrogen) atoms. The first-order valence-corrected chi connectivity index (χ1v) is 10.0. The van der Waals surface area contributed by atoms with Crippen molar-refractivity contribution in [1.82, 2.24) is 20.3 Å². The molecule has 4 aromatic rings. The SMILES string of the molecule is COC[C@H]1C[C@@H](Nc2ccc3nc(-c4c(N)c5ccccc5[nH]c4=O)[nH]c3c2)CN1. The molecule has 1 saturated heterocycles. The van der Waals surface area contributed by atoms with Gasteiger partial charge in [-0.2, -0.15) is 0 Å². The van der Waals surface area contributed by atoms with E-state index in [9.17, 15) is 4.79 Å². The van der Waals surface area contributed by atoms with Crippen LogP contribution in [0.4, 0.5) is 11.4 Å². The van der Waals surface area contributed by atoms with Gasteiger partial charge in [0.25, 0.3) is 5.56 Å². The zero-order chi connectivity index (χ0) is 20.7. The highest BCUT2D eigenvalue weighted by molar-refractivity contribution is 5.97. The Hall–Kier alpha value is -3.36. The maximum Gasteiger partial charge on any atom is 0.261 e. The van der Waals surface area contributed by atoms with Gasteiger partial charge in [0.2, 0.25) is 0 Å². The lowest BCUT2D eigenvalue weighted by atomic mass is 10.1. The normalized spacial score (nSPS) is 19.0. The third-order valence-corrected chi connectivity index (χ3v) is 5.64. The fraction of sp³-hybridized carbons (Fsp3) is 0.273. The van der Waals surface area contributed by atoms with Crippen LogP contribution in [0, 0.1) is 0 Å². The zero-order valence-corrected chi connectivity index (χ0v) is 16.7. The standard InChI is InChI=1S/C22H24N6O2/c1-30-11-14-8-13(10-24-14)25-12-6-7-17-18(9-12)27-21(26-17)19-20(23)15-4-2-3-5-16(15)28-22(19)29/h2-7,9,13-14,24-25H,8,10-11H2,1H3,(H,26,27)(H3,23,28,29)/t13-,14-/m1/s1. The second-order valence-corrected chi connectivity index (χ2v) is 7.74. The maximum absolute atomic E-state index is 12.7. The van der Waals surface area contributed by atoms with E-state index in [2.05, 4.69) is 25.6 Å². The molecule has 0 unspecified atom stereocenters. The number of rotatable bonds is 5. The number of hydrogen-bond acceptors (Lipinski definition) is 6. The molecule has 6 N–H and O–H groups in total. The number of methoxy groups -OCH3 is 1. The maximum atomic E-state index is 12.7. The number of nitrogens with zero attached hydrogens (tertiary/aromatic N) is 1. The summed E-state index contributed by atoms with van der Waals surface area (Å²) >= 11 is 0. The number of benzene rings is 2. The molecular weight excluding hydrogens is 380 g/mol. The number of H-pyrrole nitrogens is 2. The molecule has 8 nitrogen and oxygen atoms in total. The van der Waals surface area contributed by atoms with Crippen molar-refractivity contribution >= 4 is 33.3 Å². The molecule has 1 aliphatic rings. The highest BCUT2D eigenvalue weighted by Crippen LogP contribution is 2.29. The van der Waals surface area contributed by atoms with Crippen LogP contribution in [0.25, 0.3) is 33.3 Å². The number of nitrogen functional groups attached to an aromatic ring is 1. The Labute approximate surface area is 172 Å². The molecule has 154 valence electrons. The van der Waals surface area contributed by atoms with Crippen molar-refractivity contribution in [1.29, 1.82) is 0 Å². The van der Waals surface area contributed by atoms with Gasteiger partial charge in [-0.05, 0) is 30.7 Å². The van der Waals surface area contributed by atoms with E-state index in [-0.39, 0.29) is 5.56 Å². The third kappa shape index (κ3) is 3.30. The summed E-state index contributed by atoms with van der Waals surface area (Å²) in [5.74, 6) is 0.467. The van der Waals surface area contributed by atoms with Gasteiger partial charge in [0.05, 0.1) is 28.8 Å². The van der Waals surface area contributed by atoms with Crippen LogP contribution in [0.5, 0.6) is 0 Å². The second kappa shape index (κ2) is 7.47. The largest absolute Gasteiger partial charge is 0.397 e. The number of anilines is 2. The van der Waals surface area contributed by atoms with Crippen LogP contribution in [0.3, 0.4) is 0 Å². The van der Waals surface area contributed by atoms with Crippen molar-refractivity contribution in [3.8, 4) is 11.4 Å². The Bertz CT molecular complexity index is 1280. The summed E-state index contributed by atoms with van der Waals surface area (Å²) in [5.41, 5.74) is 10.2. The molecule has 8 heteroatoms. The van der Waals surface area contributed by atoms with E-state index in [0.717, 1.165) is 35.1 Å². The molecule has 1 fully saturated rings. The smallest absolute Gasteiger partial charge is 0.261 e. The number of hydrogen-bond donors (Lipinski definition) is 5. The molecule has 0 aliphatic carbocycles. The van der Waals surface area contributed by atoms with E-state index < -0.39 is 0 Å². The molecule has 0 saturated carbocycles. The van der Waals surface area contributed by atoms with Crippen molar-refractivity contribution in [2.45, 2.75) is 18.5 Å². The molecule has 0 spiro atoms. The summed E-state index contributed by atoms with van der Waals surface area (Å²) < 4.78 is 5.23. The van der Waals surface area contributed by atoms with Gasteiger partial charge in [-0.25, -0.2) is 4.98 Å². The molecule has 2 aromatic heterocycles. The number of imidazole rings is 1. The summed E-state index contributed by atoms with van der Waals surface area (Å²) in [6.07, 6.45) is 1.00. The molecule has 0 radical (unpaired) electrons. The van der Waals surface area contributed by atoms with Gasteiger partial charge in [0.15, 0.2) is 0 Å². The number of nitrogens with one attached hydrogen (secondary N) is 4. The summed E-state index contributed by atoms with van der Waals surface area (Å²) in [4.78, 5) is 23.5. The van der Waals surface area contributed by atoms with Gasteiger partial charge in [-0.1, -0.05) is 18.2 Å². The van der Waals surface area contributed by atoms with E-state index in [1.165, 1.54) is 0 Å². The fourth-order valence-corrected chi connectivity index (χ4v) is 4.21. The number of para-hydroxylation sites is 1. The number of aromatic amines is 2. The quantitative estimate of drug-likeness (QED) is 0.348. The predicted molar refractivity (Wildman–Crippen MR) is 120 cm³/mol. The van der Waals surface area contributed by atoms with Crippen molar-refractivity contribution in [2.24, 2.45) is 0 Å². The van der Waals surface area contributed by atoms with E-state index in [0.29, 0.717) is 41.3 Å². The summed E-state index contributed by atoms with van der Waals surface area (Å²) in [6, 6.07) is 14.2. The molecule has 0 bridgehead atoms. The average molecular weight is 404 g/mol. The van der Waals surface area contributed by atoms with Crippen molar-refractivity contribution in [2.75, 3.05) is 31.3 Å². The van der Waals surface area contributed by atoms with Crippen LogP contribution >= 0.6 is 0 Å². The average Bonchev–Trinajstić information content (AvgIpc) is 3.34. The number of nitrogens with two attached hydrogens (primary N) is 1. The highest BCUT2D eigenvalue weighted by atomic mass is 16.5. The summed E-state index contributed by atoms with van der Waals surface area (Å²) in [5, 5.41) is 7.82. The van der Waals surface area contributed by atoms with E-state index in [4.69, 9.17) is 10.5 Å². The van der Waals surface area contributed by atoms with Crippen molar-refractivity contribution < 1.29 is 4.74 Å². The molecule has 2 aromatic carbocycles. The first kappa shape index (κ1) is 18.7. The highest BCUT2D eigenvalue weighted by Gasteiger charge is 2.24. The molecule has 3 heterocycles. The predicted octanol–water partition coefficient (Wildman–Crippen LogP) is 2.44.